The SMILES string of the molecule is CCCN(CC(=O)O)C(=O)C1(c2ccccc2Cl)CCOCC1. The predicted octanol–water partition coefficient (Wildman–Crippen LogP) is 2.71. The third kappa shape index (κ3) is 3.85. The van der Waals surface area contributed by atoms with Gasteiger partial charge in [-0.05, 0) is 30.9 Å². The lowest BCUT2D eigenvalue weighted by Crippen LogP contribution is -2.51. The Kier molecular flexibility index (Phi) is 6.02. The minimum absolute atomic E-state index is 0.168. The highest BCUT2D eigenvalue weighted by molar-refractivity contribution is 6.31. The molecule has 0 saturated carbocycles. The molecule has 1 aromatic rings. The third-order valence-electron chi connectivity index (χ3n) is 4.25. The lowest BCUT2D eigenvalue weighted by atomic mass is 9.73. The zero-order valence-electron chi connectivity index (χ0n) is 13.3. The standard InChI is InChI=1S/C17H22ClNO4/c1-2-9-19(12-15(20)21)16(22)17(7-10-23-11-8-17)13-5-3-4-6-14(13)18/h3-6H,2,7-12H2,1H3,(H,20,21). The Hall–Kier alpha value is -1.59. The number of aliphatic carboxylic acids is 1. The van der Waals surface area contributed by atoms with Gasteiger partial charge in [-0.3, -0.25) is 9.59 Å². The van der Waals surface area contributed by atoms with E-state index in [-0.39, 0.29) is 12.5 Å². The van der Waals surface area contributed by atoms with Gasteiger partial charge in [0, 0.05) is 24.8 Å². The number of amides is 1. The van der Waals surface area contributed by atoms with Crippen LogP contribution in [0.2, 0.25) is 5.02 Å². The Bertz CT molecular complexity index is 569. The number of carbonyl (C=O) groups excluding carboxylic acids is 1. The van der Waals surface area contributed by atoms with Crippen molar-refractivity contribution in [1.29, 1.82) is 0 Å². The summed E-state index contributed by atoms with van der Waals surface area (Å²) in [4.78, 5) is 25.8. The smallest absolute Gasteiger partial charge is 0.323 e. The molecule has 0 unspecified atom stereocenters. The maximum Gasteiger partial charge on any atom is 0.323 e. The van der Waals surface area contributed by atoms with Crippen molar-refractivity contribution < 1.29 is 19.4 Å². The highest BCUT2D eigenvalue weighted by Gasteiger charge is 2.45. The molecule has 1 aromatic carbocycles. The van der Waals surface area contributed by atoms with Crippen LogP contribution >= 0.6 is 11.6 Å². The molecule has 0 radical (unpaired) electrons. The monoisotopic (exact) mass is 339 g/mol. The summed E-state index contributed by atoms with van der Waals surface area (Å²) in [5.74, 6) is -1.17. The average molecular weight is 340 g/mol. The predicted molar refractivity (Wildman–Crippen MR) is 87.7 cm³/mol. The molecule has 23 heavy (non-hydrogen) atoms. The van der Waals surface area contributed by atoms with Gasteiger partial charge in [-0.25, -0.2) is 0 Å². The van der Waals surface area contributed by atoms with Crippen molar-refractivity contribution >= 4 is 23.5 Å². The molecule has 0 spiro atoms. The largest absolute Gasteiger partial charge is 0.480 e. The van der Waals surface area contributed by atoms with Gasteiger partial charge in [0.25, 0.3) is 0 Å². The average Bonchev–Trinajstić information content (AvgIpc) is 2.54. The van der Waals surface area contributed by atoms with Gasteiger partial charge >= 0.3 is 5.97 Å². The van der Waals surface area contributed by atoms with Crippen LogP contribution in [-0.2, 0) is 19.7 Å². The first-order valence-corrected chi connectivity index (χ1v) is 8.23. The lowest BCUT2D eigenvalue weighted by Gasteiger charge is -2.40. The van der Waals surface area contributed by atoms with Gasteiger partial charge in [0.2, 0.25) is 5.91 Å². The first-order valence-electron chi connectivity index (χ1n) is 7.85. The molecule has 1 aliphatic rings. The van der Waals surface area contributed by atoms with Gasteiger partial charge < -0.3 is 14.7 Å². The summed E-state index contributed by atoms with van der Waals surface area (Å²) in [5, 5.41) is 9.66. The Morgan fingerprint density at radius 3 is 2.52 bits per heavy atom. The maximum absolute atomic E-state index is 13.2. The molecule has 6 heteroatoms. The van der Waals surface area contributed by atoms with Crippen LogP contribution in [0.15, 0.2) is 24.3 Å². The minimum Gasteiger partial charge on any atom is -0.480 e. The van der Waals surface area contributed by atoms with E-state index in [1.807, 2.05) is 25.1 Å². The van der Waals surface area contributed by atoms with E-state index in [2.05, 4.69) is 0 Å². The first-order chi connectivity index (χ1) is 11.0. The summed E-state index contributed by atoms with van der Waals surface area (Å²) in [5.41, 5.74) is -0.0391. The molecule has 126 valence electrons. The minimum atomic E-state index is -1.01. The number of halogens is 1. The van der Waals surface area contributed by atoms with Crippen molar-refractivity contribution in [1.82, 2.24) is 4.90 Å². The first kappa shape index (κ1) is 17.8. The molecule has 1 amide bonds. The molecule has 1 heterocycles. The highest BCUT2D eigenvalue weighted by atomic mass is 35.5. The van der Waals surface area contributed by atoms with Gasteiger partial charge in [-0.1, -0.05) is 36.7 Å². The molecule has 1 saturated heterocycles. The van der Waals surface area contributed by atoms with Crippen molar-refractivity contribution in [2.24, 2.45) is 0 Å². The van der Waals surface area contributed by atoms with E-state index >= 15 is 0 Å². The van der Waals surface area contributed by atoms with Gasteiger partial charge in [-0.2, -0.15) is 0 Å². The van der Waals surface area contributed by atoms with Gasteiger partial charge in [0.05, 0.1) is 5.41 Å². The molecular weight excluding hydrogens is 318 g/mol. The Morgan fingerprint density at radius 2 is 1.96 bits per heavy atom. The molecule has 0 aliphatic carbocycles. The fourth-order valence-corrected chi connectivity index (χ4v) is 3.47. The summed E-state index contributed by atoms with van der Waals surface area (Å²) in [6.07, 6.45) is 1.72. The van der Waals surface area contributed by atoms with E-state index in [0.717, 1.165) is 5.56 Å². The van der Waals surface area contributed by atoms with Crippen molar-refractivity contribution in [3.63, 3.8) is 0 Å². The summed E-state index contributed by atoms with van der Waals surface area (Å²) >= 11 is 6.35. The summed E-state index contributed by atoms with van der Waals surface area (Å²) in [7, 11) is 0. The van der Waals surface area contributed by atoms with Gasteiger partial charge in [-0.15, -0.1) is 0 Å². The normalized spacial score (nSPS) is 16.8. The number of benzene rings is 1. The molecule has 5 nitrogen and oxygen atoms in total. The second-order valence-corrected chi connectivity index (χ2v) is 6.20. The zero-order chi connectivity index (χ0) is 16.9. The number of hydrogen-bond donors (Lipinski definition) is 1. The molecule has 1 aliphatic heterocycles. The molecular formula is C17H22ClNO4. The number of carboxylic acids is 1. The topological polar surface area (TPSA) is 66.8 Å². The molecule has 1 N–H and O–H groups in total. The van der Waals surface area contributed by atoms with E-state index in [1.54, 1.807) is 6.07 Å². The quantitative estimate of drug-likeness (QED) is 0.865. The Morgan fingerprint density at radius 1 is 1.30 bits per heavy atom. The van der Waals surface area contributed by atoms with Crippen molar-refractivity contribution in [2.75, 3.05) is 26.3 Å². The number of rotatable bonds is 6. The molecule has 0 atom stereocenters. The van der Waals surface area contributed by atoms with Gasteiger partial charge in [0.15, 0.2) is 0 Å². The number of ether oxygens (including phenoxy) is 1. The van der Waals surface area contributed by atoms with E-state index in [4.69, 9.17) is 21.4 Å². The van der Waals surface area contributed by atoms with Crippen LogP contribution in [-0.4, -0.2) is 48.2 Å². The summed E-state index contributed by atoms with van der Waals surface area (Å²) < 4.78 is 5.43. The number of hydrogen-bond acceptors (Lipinski definition) is 3. The Balaban J connectivity index is 2.42. The van der Waals surface area contributed by atoms with E-state index in [0.29, 0.717) is 44.0 Å². The molecule has 1 fully saturated rings. The molecule has 0 bridgehead atoms. The molecule has 0 aromatic heterocycles. The van der Waals surface area contributed by atoms with Crippen molar-refractivity contribution in [3.05, 3.63) is 34.9 Å². The summed E-state index contributed by atoms with van der Waals surface area (Å²) in [6.45, 7) is 2.97. The van der Waals surface area contributed by atoms with E-state index in [9.17, 15) is 9.59 Å². The number of carbonyl (C=O) groups is 2. The van der Waals surface area contributed by atoms with Crippen LogP contribution in [0.25, 0.3) is 0 Å². The van der Waals surface area contributed by atoms with Crippen LogP contribution < -0.4 is 0 Å². The van der Waals surface area contributed by atoms with Crippen LogP contribution in [0.4, 0.5) is 0 Å². The second-order valence-electron chi connectivity index (χ2n) is 5.79. The van der Waals surface area contributed by atoms with Crippen LogP contribution in [0, 0.1) is 0 Å². The van der Waals surface area contributed by atoms with Gasteiger partial charge in [0.1, 0.15) is 6.54 Å². The molecule has 2 rings (SSSR count). The Labute approximate surface area is 141 Å². The summed E-state index contributed by atoms with van der Waals surface area (Å²) in [6, 6.07) is 7.30. The van der Waals surface area contributed by atoms with E-state index in [1.165, 1.54) is 4.90 Å². The van der Waals surface area contributed by atoms with Crippen LogP contribution in [0.3, 0.4) is 0 Å². The second kappa shape index (κ2) is 7.79. The number of carboxylic acid groups (broad SMARTS) is 1. The zero-order valence-corrected chi connectivity index (χ0v) is 14.0. The lowest BCUT2D eigenvalue weighted by molar-refractivity contribution is -0.149. The maximum atomic E-state index is 13.2. The van der Waals surface area contributed by atoms with Crippen LogP contribution in [0.5, 0.6) is 0 Å². The number of nitrogens with zero attached hydrogens (tertiary/aromatic N) is 1. The van der Waals surface area contributed by atoms with Crippen LogP contribution in [0.1, 0.15) is 31.7 Å². The van der Waals surface area contributed by atoms with Crippen molar-refractivity contribution in [3.8, 4) is 0 Å². The fourth-order valence-electron chi connectivity index (χ4n) is 3.16. The van der Waals surface area contributed by atoms with E-state index < -0.39 is 11.4 Å². The fraction of sp³-hybridized carbons (Fsp3) is 0.529. The van der Waals surface area contributed by atoms with Crippen molar-refractivity contribution in [2.45, 2.75) is 31.6 Å². The third-order valence-corrected chi connectivity index (χ3v) is 4.58. The highest BCUT2D eigenvalue weighted by Crippen LogP contribution is 2.40.